The van der Waals surface area contributed by atoms with E-state index < -0.39 is 20.8 Å². The lowest BCUT2D eigenvalue weighted by molar-refractivity contribution is -0.0970. The maximum Gasteiger partial charge on any atom is 0.184 e. The Morgan fingerprint density at radius 3 is 2.24 bits per heavy atom. The van der Waals surface area contributed by atoms with E-state index in [0.29, 0.717) is 6.54 Å². The lowest BCUT2D eigenvalue weighted by atomic mass is 9.87. The van der Waals surface area contributed by atoms with Gasteiger partial charge in [0.1, 0.15) is 11.0 Å². The lowest BCUT2D eigenvalue weighted by Crippen LogP contribution is -2.63. The largest absolute Gasteiger partial charge is 0.471 e. The Morgan fingerprint density at radius 1 is 1.00 bits per heavy atom. The molecule has 2 fully saturated rings. The van der Waals surface area contributed by atoms with Gasteiger partial charge in [-0.1, -0.05) is 42.5 Å². The first-order valence-corrected chi connectivity index (χ1v) is 12.3. The van der Waals surface area contributed by atoms with Crippen LogP contribution in [0.1, 0.15) is 11.1 Å². The summed E-state index contributed by atoms with van der Waals surface area (Å²) >= 11 is 0. The number of rotatable bonds is 4. The van der Waals surface area contributed by atoms with E-state index in [0.717, 1.165) is 25.1 Å². The monoisotopic (exact) mass is 412 g/mol. The Bertz CT molecular complexity index is 985. The van der Waals surface area contributed by atoms with Gasteiger partial charge in [-0.2, -0.15) is 0 Å². The van der Waals surface area contributed by atoms with Crippen molar-refractivity contribution in [3.05, 3.63) is 65.7 Å². The van der Waals surface area contributed by atoms with E-state index in [4.69, 9.17) is 4.74 Å². The molecule has 2 heterocycles. The zero-order valence-electron chi connectivity index (χ0n) is 16.9. The molecule has 1 N–H and O–H groups in total. The number of hydrogen-bond donors (Lipinski definition) is 1. The fourth-order valence-electron chi connectivity index (χ4n) is 6.07. The molecule has 2 aliphatic heterocycles. The minimum atomic E-state index is -3.35. The highest BCUT2D eigenvalue weighted by Crippen LogP contribution is 2.51. The molecule has 0 aromatic heterocycles. The molecule has 2 aromatic rings. The third-order valence-corrected chi connectivity index (χ3v) is 8.80. The zero-order chi connectivity index (χ0) is 20.2. The van der Waals surface area contributed by atoms with E-state index in [1.54, 1.807) is 0 Å². The second-order valence-corrected chi connectivity index (χ2v) is 11.0. The number of fused-ring (bicyclic) bond motifs is 2. The third-order valence-electron chi connectivity index (χ3n) is 7.19. The lowest BCUT2D eigenvalue weighted by Gasteiger charge is -2.46. The minimum absolute atomic E-state index is 0.0300. The van der Waals surface area contributed by atoms with Crippen molar-refractivity contribution in [3.8, 4) is 5.75 Å². The molecule has 0 amide bonds. The van der Waals surface area contributed by atoms with Crippen LogP contribution in [-0.2, 0) is 22.7 Å². The molecule has 0 saturated carbocycles. The minimum Gasteiger partial charge on any atom is -0.471 e. The van der Waals surface area contributed by atoms with E-state index in [9.17, 15) is 8.42 Å². The zero-order valence-corrected chi connectivity index (χ0v) is 17.7. The average molecular weight is 413 g/mol. The van der Waals surface area contributed by atoms with E-state index in [2.05, 4.69) is 41.5 Å². The van der Waals surface area contributed by atoms with Crippen LogP contribution in [-0.4, -0.2) is 56.7 Å². The van der Waals surface area contributed by atoms with Crippen molar-refractivity contribution in [1.82, 2.24) is 10.2 Å². The van der Waals surface area contributed by atoms with Crippen molar-refractivity contribution in [2.45, 2.75) is 29.9 Å². The maximum absolute atomic E-state index is 13.2. The molecule has 1 aliphatic carbocycles. The molecule has 5 rings (SSSR count). The summed E-state index contributed by atoms with van der Waals surface area (Å²) in [5, 5.41) is 2.83. The molecule has 0 radical (unpaired) electrons. The molecule has 3 aliphatic rings. The van der Waals surface area contributed by atoms with E-state index in [-0.39, 0.29) is 17.9 Å². The molecule has 0 spiro atoms. The van der Waals surface area contributed by atoms with Crippen LogP contribution in [0.5, 0.6) is 5.75 Å². The summed E-state index contributed by atoms with van der Waals surface area (Å²) in [6.07, 6.45) is 3.07. The molecule has 6 heteroatoms. The first kappa shape index (κ1) is 19.1. The van der Waals surface area contributed by atoms with Crippen molar-refractivity contribution in [2.24, 2.45) is 11.8 Å². The number of likely N-dealkylation sites (N-methyl/N-ethyl adjacent to an activating group) is 1. The van der Waals surface area contributed by atoms with Gasteiger partial charge >= 0.3 is 0 Å². The van der Waals surface area contributed by atoms with Crippen molar-refractivity contribution in [2.75, 3.05) is 26.4 Å². The van der Waals surface area contributed by atoms with Crippen LogP contribution in [0, 0.1) is 11.8 Å². The van der Waals surface area contributed by atoms with Crippen LogP contribution in [0.2, 0.25) is 0 Å². The van der Waals surface area contributed by atoms with E-state index >= 15 is 0 Å². The molecule has 4 atom stereocenters. The topological polar surface area (TPSA) is 58.6 Å². The molecule has 154 valence electrons. The van der Waals surface area contributed by atoms with Crippen molar-refractivity contribution < 1.29 is 13.2 Å². The number of nitrogens with zero attached hydrogens (tertiary/aromatic N) is 1. The maximum atomic E-state index is 13.2. The van der Waals surface area contributed by atoms with Gasteiger partial charge in [-0.25, -0.2) is 8.42 Å². The molecule has 0 bridgehead atoms. The van der Waals surface area contributed by atoms with Gasteiger partial charge in [0.05, 0.1) is 0 Å². The summed E-state index contributed by atoms with van der Waals surface area (Å²) in [6, 6.07) is 18.3. The predicted molar refractivity (Wildman–Crippen MR) is 114 cm³/mol. The number of para-hydroxylation sites is 1. The molecular weight excluding hydrogens is 384 g/mol. The number of ether oxygens (including phenoxy) is 1. The van der Waals surface area contributed by atoms with Crippen LogP contribution in [0.3, 0.4) is 0 Å². The summed E-state index contributed by atoms with van der Waals surface area (Å²) in [6.45, 7) is 1.51. The number of hydrogen-bond acceptors (Lipinski definition) is 5. The number of benzene rings is 2. The molecule has 2 aromatic carbocycles. The highest BCUT2D eigenvalue weighted by molar-refractivity contribution is 7.91. The van der Waals surface area contributed by atoms with Gasteiger partial charge in [0.2, 0.25) is 0 Å². The van der Waals surface area contributed by atoms with Crippen LogP contribution < -0.4 is 10.1 Å². The number of sulfone groups is 1. The van der Waals surface area contributed by atoms with Crippen molar-refractivity contribution in [1.29, 1.82) is 0 Å². The Hall–Kier alpha value is -1.89. The van der Waals surface area contributed by atoms with Gasteiger partial charge in [-0.3, -0.25) is 4.90 Å². The normalized spacial score (nSPS) is 32.3. The molecule has 29 heavy (non-hydrogen) atoms. The summed E-state index contributed by atoms with van der Waals surface area (Å²) in [5.41, 5.74) is 1.74. The first-order valence-electron chi connectivity index (χ1n) is 10.3. The summed E-state index contributed by atoms with van der Waals surface area (Å²) in [5.74, 6) is 0.842. The fraction of sp³-hybridized carbons (Fsp3) is 0.478. The van der Waals surface area contributed by atoms with Gasteiger partial charge in [-0.05, 0) is 43.1 Å². The Kier molecular flexibility index (Phi) is 4.49. The Morgan fingerprint density at radius 2 is 1.62 bits per heavy atom. The summed E-state index contributed by atoms with van der Waals surface area (Å²) in [4.78, 5) is 2.24. The van der Waals surface area contributed by atoms with Crippen LogP contribution >= 0.6 is 0 Å². The van der Waals surface area contributed by atoms with Gasteiger partial charge in [0.25, 0.3) is 0 Å². The SMILES string of the molecule is CN1C2CNCC2C(S(C)(=O)=O)C1(Oc1ccccc1)C1Cc2ccccc2C1. The fourth-order valence-corrected chi connectivity index (χ4v) is 8.00. The summed E-state index contributed by atoms with van der Waals surface area (Å²) < 4.78 is 33.2. The smallest absolute Gasteiger partial charge is 0.184 e. The van der Waals surface area contributed by atoms with E-state index in [1.807, 2.05) is 30.3 Å². The molecule has 2 saturated heterocycles. The molecular formula is C23H28N2O3S. The molecule has 4 unspecified atom stereocenters. The highest BCUT2D eigenvalue weighted by atomic mass is 32.2. The first-order chi connectivity index (χ1) is 13.9. The Balaban J connectivity index is 1.66. The van der Waals surface area contributed by atoms with Crippen LogP contribution in [0.25, 0.3) is 0 Å². The number of likely N-dealkylation sites (tertiary alicyclic amines) is 1. The molecule has 5 nitrogen and oxygen atoms in total. The third kappa shape index (κ3) is 2.92. The van der Waals surface area contributed by atoms with E-state index in [1.165, 1.54) is 17.4 Å². The van der Waals surface area contributed by atoms with Crippen molar-refractivity contribution in [3.63, 3.8) is 0 Å². The number of nitrogens with one attached hydrogen (secondary N) is 1. The average Bonchev–Trinajstić information content (AvgIpc) is 3.37. The van der Waals surface area contributed by atoms with Crippen molar-refractivity contribution >= 4 is 9.84 Å². The standard InChI is InChI=1S/C23H28N2O3S/c1-25-21-15-24-14-20(21)22(29(2,26)27)23(25,28-19-10-4-3-5-11-19)18-12-16-8-6-7-9-17(16)13-18/h3-11,18,20-22,24H,12-15H2,1-2H3. The second kappa shape index (κ2) is 6.83. The Labute approximate surface area is 173 Å². The van der Waals surface area contributed by atoms with Crippen LogP contribution in [0.15, 0.2) is 54.6 Å². The predicted octanol–water partition coefficient (Wildman–Crippen LogP) is 2.12. The quantitative estimate of drug-likeness (QED) is 0.834. The van der Waals surface area contributed by atoms with Gasteiger partial charge < -0.3 is 10.1 Å². The van der Waals surface area contributed by atoms with Gasteiger partial charge in [0.15, 0.2) is 15.6 Å². The van der Waals surface area contributed by atoms with Gasteiger partial charge in [-0.15, -0.1) is 0 Å². The summed E-state index contributed by atoms with van der Waals surface area (Å²) in [7, 11) is -1.29. The highest BCUT2D eigenvalue weighted by Gasteiger charge is 2.67. The second-order valence-electron chi connectivity index (χ2n) is 8.79. The van der Waals surface area contributed by atoms with Crippen LogP contribution in [0.4, 0.5) is 0 Å². The van der Waals surface area contributed by atoms with Gasteiger partial charge in [0, 0.05) is 37.2 Å².